The van der Waals surface area contributed by atoms with E-state index in [0.29, 0.717) is 4.88 Å². The Morgan fingerprint density at radius 1 is 1.17 bits per heavy atom. The molecule has 1 aromatic heterocycles. The van der Waals surface area contributed by atoms with Crippen LogP contribution in [0.1, 0.15) is 10.4 Å². The number of para-hydroxylation sites is 1. The fourth-order valence-corrected chi connectivity index (χ4v) is 2.53. The van der Waals surface area contributed by atoms with Gasteiger partial charge in [-0.05, 0) is 23.6 Å². The van der Waals surface area contributed by atoms with E-state index in [9.17, 15) is 18.0 Å². The normalized spacial score (nSPS) is 16.4. The van der Waals surface area contributed by atoms with Crippen molar-refractivity contribution >= 4 is 29.3 Å². The van der Waals surface area contributed by atoms with E-state index < -0.39 is 18.1 Å². The van der Waals surface area contributed by atoms with Gasteiger partial charge in [-0.1, -0.05) is 24.3 Å². The molecule has 0 aliphatic carbocycles. The number of carbonyl (C=O) groups is 1. The van der Waals surface area contributed by atoms with Crippen molar-refractivity contribution in [2.24, 2.45) is 4.99 Å². The lowest BCUT2D eigenvalue weighted by atomic mass is 10.1. The summed E-state index contributed by atoms with van der Waals surface area (Å²) in [5, 5.41) is 1.79. The second kappa shape index (κ2) is 5.88. The number of hydrogen-bond donors (Lipinski definition) is 0. The molecule has 3 rings (SSSR count). The number of benzene rings is 1. The van der Waals surface area contributed by atoms with Gasteiger partial charge in [0.05, 0.1) is 4.88 Å². The Morgan fingerprint density at radius 3 is 2.65 bits per heavy atom. The lowest BCUT2D eigenvalue weighted by Crippen LogP contribution is -2.17. The van der Waals surface area contributed by atoms with E-state index in [2.05, 4.69) is 9.73 Å². The number of halogens is 3. The summed E-state index contributed by atoms with van der Waals surface area (Å²) in [6, 6.07) is 8.96. The first-order valence-electron chi connectivity index (χ1n) is 6.33. The van der Waals surface area contributed by atoms with Crippen LogP contribution in [0.2, 0.25) is 0 Å². The number of thiophene rings is 1. The lowest BCUT2D eigenvalue weighted by Gasteiger charge is -2.10. The second-order valence-corrected chi connectivity index (χ2v) is 5.35. The van der Waals surface area contributed by atoms with Crippen molar-refractivity contribution in [1.29, 1.82) is 0 Å². The quantitative estimate of drug-likeness (QED) is 0.627. The molecule has 2 aromatic rings. The van der Waals surface area contributed by atoms with Crippen LogP contribution in [-0.2, 0) is 9.53 Å². The van der Waals surface area contributed by atoms with Crippen LogP contribution in [0.25, 0.3) is 6.08 Å². The van der Waals surface area contributed by atoms with E-state index in [-0.39, 0.29) is 17.2 Å². The number of carbonyl (C=O) groups excluding carboxylic acids is 1. The third-order valence-corrected chi connectivity index (χ3v) is 3.65. The van der Waals surface area contributed by atoms with Crippen LogP contribution in [0.4, 0.5) is 13.2 Å². The Hall–Kier alpha value is -2.61. The fraction of sp³-hybridized carbons (Fsp3) is 0.0667. The van der Waals surface area contributed by atoms with Crippen molar-refractivity contribution in [3.8, 4) is 5.75 Å². The molecule has 4 nitrogen and oxygen atoms in total. The SMILES string of the molecule is O=C1OC(c2cccs2)=NC1=Cc1ccccc1OC(F)(F)F. The molecule has 1 aliphatic rings. The number of nitrogens with zero attached hydrogens (tertiary/aromatic N) is 1. The van der Waals surface area contributed by atoms with E-state index in [4.69, 9.17) is 4.74 Å². The Morgan fingerprint density at radius 2 is 1.96 bits per heavy atom. The van der Waals surface area contributed by atoms with Crippen LogP contribution >= 0.6 is 11.3 Å². The van der Waals surface area contributed by atoms with E-state index in [1.165, 1.54) is 35.6 Å². The highest BCUT2D eigenvalue weighted by Gasteiger charge is 2.32. The zero-order valence-electron chi connectivity index (χ0n) is 11.3. The highest BCUT2D eigenvalue weighted by molar-refractivity contribution is 7.12. The average Bonchev–Trinajstić information content (AvgIpc) is 3.10. The Bertz CT molecular complexity index is 795. The topological polar surface area (TPSA) is 47.9 Å². The Labute approximate surface area is 132 Å². The predicted molar refractivity (Wildman–Crippen MR) is 78.1 cm³/mol. The van der Waals surface area contributed by atoms with Crippen LogP contribution in [0.15, 0.2) is 52.5 Å². The Balaban J connectivity index is 1.94. The van der Waals surface area contributed by atoms with Gasteiger partial charge in [0.1, 0.15) is 5.75 Å². The summed E-state index contributed by atoms with van der Waals surface area (Å²) in [5.41, 5.74) is -0.0143. The molecule has 8 heteroatoms. The molecule has 0 unspecified atom stereocenters. The Kier molecular flexibility index (Phi) is 3.91. The number of esters is 1. The first kappa shape index (κ1) is 15.3. The number of aliphatic imine (C=N–C) groups is 1. The van der Waals surface area contributed by atoms with Crippen molar-refractivity contribution in [2.75, 3.05) is 0 Å². The highest BCUT2D eigenvalue weighted by atomic mass is 32.1. The summed E-state index contributed by atoms with van der Waals surface area (Å²) < 4.78 is 46.2. The molecule has 0 N–H and O–H groups in total. The first-order chi connectivity index (χ1) is 10.9. The molecule has 0 spiro atoms. The van der Waals surface area contributed by atoms with Crippen molar-refractivity contribution < 1.29 is 27.4 Å². The van der Waals surface area contributed by atoms with Crippen LogP contribution in [0.5, 0.6) is 5.75 Å². The molecule has 0 amide bonds. The van der Waals surface area contributed by atoms with Gasteiger partial charge in [-0.2, -0.15) is 0 Å². The molecule has 23 heavy (non-hydrogen) atoms. The molecule has 0 radical (unpaired) electrons. The fourth-order valence-electron chi connectivity index (χ4n) is 1.88. The summed E-state index contributed by atoms with van der Waals surface area (Å²) in [5.74, 6) is -1.01. The minimum absolute atomic E-state index is 0.0768. The molecule has 0 fully saturated rings. The summed E-state index contributed by atoms with van der Waals surface area (Å²) in [6.07, 6.45) is -3.62. The standard InChI is InChI=1S/C15H8F3NO3S/c16-15(17,18)22-11-5-2-1-4-9(11)8-10-14(20)21-13(19-10)12-6-3-7-23-12/h1-8H. The van der Waals surface area contributed by atoms with Gasteiger partial charge in [0.2, 0.25) is 5.90 Å². The van der Waals surface area contributed by atoms with Gasteiger partial charge < -0.3 is 9.47 Å². The smallest absolute Gasteiger partial charge is 0.405 e. The zero-order valence-corrected chi connectivity index (χ0v) is 12.1. The molecule has 2 heterocycles. The highest BCUT2D eigenvalue weighted by Crippen LogP contribution is 2.29. The van der Waals surface area contributed by atoms with E-state index in [1.54, 1.807) is 17.5 Å². The van der Waals surface area contributed by atoms with Gasteiger partial charge in [0.25, 0.3) is 0 Å². The van der Waals surface area contributed by atoms with Crippen LogP contribution < -0.4 is 4.74 Å². The second-order valence-electron chi connectivity index (χ2n) is 4.40. The van der Waals surface area contributed by atoms with Gasteiger partial charge in [-0.3, -0.25) is 0 Å². The monoisotopic (exact) mass is 339 g/mol. The maximum absolute atomic E-state index is 12.4. The van der Waals surface area contributed by atoms with Gasteiger partial charge in [0.15, 0.2) is 5.70 Å². The van der Waals surface area contributed by atoms with Crippen LogP contribution in [-0.4, -0.2) is 18.2 Å². The van der Waals surface area contributed by atoms with Crippen LogP contribution in [0.3, 0.4) is 0 Å². The van der Waals surface area contributed by atoms with Crippen LogP contribution in [0, 0.1) is 0 Å². The molecule has 0 saturated carbocycles. The zero-order chi connectivity index (χ0) is 16.4. The van der Waals surface area contributed by atoms with E-state index >= 15 is 0 Å². The number of rotatable bonds is 3. The molecule has 0 saturated heterocycles. The first-order valence-corrected chi connectivity index (χ1v) is 7.21. The van der Waals surface area contributed by atoms with Crippen molar-refractivity contribution in [3.63, 3.8) is 0 Å². The predicted octanol–water partition coefficient (Wildman–Crippen LogP) is 3.99. The number of ether oxygens (including phenoxy) is 2. The van der Waals surface area contributed by atoms with Crippen molar-refractivity contribution in [3.05, 3.63) is 57.9 Å². The van der Waals surface area contributed by atoms with Crippen molar-refractivity contribution in [1.82, 2.24) is 0 Å². The van der Waals surface area contributed by atoms with Gasteiger partial charge >= 0.3 is 12.3 Å². The summed E-state index contributed by atoms with van der Waals surface area (Å²) in [4.78, 5) is 16.5. The maximum Gasteiger partial charge on any atom is 0.573 e. The van der Waals surface area contributed by atoms with Gasteiger partial charge in [-0.15, -0.1) is 24.5 Å². The third kappa shape index (κ3) is 3.59. The van der Waals surface area contributed by atoms with E-state index in [1.807, 2.05) is 0 Å². The van der Waals surface area contributed by atoms with Gasteiger partial charge in [-0.25, -0.2) is 9.79 Å². The molecule has 0 atom stereocenters. The van der Waals surface area contributed by atoms with E-state index in [0.717, 1.165) is 6.07 Å². The number of alkyl halides is 3. The molecule has 0 bridgehead atoms. The molecular formula is C15H8F3NO3S. The minimum atomic E-state index is -4.82. The number of cyclic esters (lactones) is 1. The number of hydrogen-bond acceptors (Lipinski definition) is 5. The summed E-state index contributed by atoms with van der Waals surface area (Å²) in [7, 11) is 0. The average molecular weight is 339 g/mol. The van der Waals surface area contributed by atoms with Crippen molar-refractivity contribution in [2.45, 2.75) is 6.36 Å². The molecule has 118 valence electrons. The molecular weight excluding hydrogens is 331 g/mol. The lowest BCUT2D eigenvalue weighted by molar-refractivity contribution is -0.274. The third-order valence-electron chi connectivity index (χ3n) is 2.79. The van der Waals surface area contributed by atoms with Gasteiger partial charge in [0, 0.05) is 5.56 Å². The maximum atomic E-state index is 12.4. The minimum Gasteiger partial charge on any atom is -0.405 e. The molecule has 1 aliphatic heterocycles. The summed E-state index contributed by atoms with van der Waals surface area (Å²) >= 11 is 1.33. The summed E-state index contributed by atoms with van der Waals surface area (Å²) in [6.45, 7) is 0. The largest absolute Gasteiger partial charge is 0.573 e. The molecule has 1 aromatic carbocycles.